The third-order valence-corrected chi connectivity index (χ3v) is 2.52. The van der Waals surface area contributed by atoms with E-state index in [-0.39, 0.29) is 0 Å². The van der Waals surface area contributed by atoms with Gasteiger partial charge in [-0.25, -0.2) is 0 Å². The number of nitrogens with one attached hydrogen (secondary N) is 1. The van der Waals surface area contributed by atoms with Gasteiger partial charge >= 0.3 is 0 Å². The van der Waals surface area contributed by atoms with E-state index >= 15 is 0 Å². The second kappa shape index (κ2) is 2.06. The smallest absolute Gasteiger partial charge is 0.0175 e. The van der Waals surface area contributed by atoms with E-state index in [1.54, 1.807) is 0 Å². The molecule has 1 saturated carbocycles. The van der Waals surface area contributed by atoms with Gasteiger partial charge in [-0.3, -0.25) is 0 Å². The van der Waals surface area contributed by atoms with E-state index in [0.29, 0.717) is 5.54 Å². The molecule has 1 rings (SSSR count). The van der Waals surface area contributed by atoms with Crippen LogP contribution in [0.2, 0.25) is 0 Å². The molecule has 1 aliphatic rings. The van der Waals surface area contributed by atoms with Crippen molar-refractivity contribution in [1.82, 2.24) is 5.32 Å². The van der Waals surface area contributed by atoms with Gasteiger partial charge in [0.25, 0.3) is 0 Å². The van der Waals surface area contributed by atoms with Crippen molar-refractivity contribution in [1.29, 1.82) is 0 Å². The quantitative estimate of drug-likeness (QED) is 0.572. The summed E-state index contributed by atoms with van der Waals surface area (Å²) in [7, 11) is 2.07. The summed E-state index contributed by atoms with van der Waals surface area (Å²) in [6, 6.07) is 0. The van der Waals surface area contributed by atoms with Crippen LogP contribution in [-0.4, -0.2) is 12.6 Å². The first kappa shape index (κ1) is 6.09. The molecule has 0 aromatic heterocycles. The van der Waals surface area contributed by atoms with Gasteiger partial charge in [-0.1, -0.05) is 6.92 Å². The molecule has 0 bridgehead atoms. The summed E-state index contributed by atoms with van der Waals surface area (Å²) in [6.45, 7) is 2.26. The Bertz CT molecular complexity index is 60.9. The van der Waals surface area contributed by atoms with Crippen LogP contribution in [-0.2, 0) is 0 Å². The lowest BCUT2D eigenvalue weighted by atomic mass is 9.75. The molecule has 0 spiro atoms. The normalized spacial score (nSPS) is 24.8. The Morgan fingerprint density at radius 3 is 2.12 bits per heavy atom. The van der Waals surface area contributed by atoms with E-state index in [4.69, 9.17) is 0 Å². The highest BCUT2D eigenvalue weighted by molar-refractivity contribution is 4.93. The van der Waals surface area contributed by atoms with Crippen molar-refractivity contribution in [2.24, 2.45) is 0 Å². The standard InChI is InChI=1S/C7H15N/c1-3-7(8-2)5-4-6-7/h8H,3-6H2,1-2H3. The molecular formula is C7H15N. The Hall–Kier alpha value is -0.0400. The van der Waals surface area contributed by atoms with Gasteiger partial charge in [-0.2, -0.15) is 0 Å². The van der Waals surface area contributed by atoms with Crippen molar-refractivity contribution in [2.45, 2.75) is 38.1 Å². The Labute approximate surface area is 51.5 Å². The predicted octanol–water partition coefficient (Wildman–Crippen LogP) is 1.54. The zero-order chi connectivity index (χ0) is 6.04. The first-order valence-corrected chi connectivity index (χ1v) is 3.52. The SMILES string of the molecule is CCC1(NC)CCC1. The fourth-order valence-electron chi connectivity index (χ4n) is 1.38. The summed E-state index contributed by atoms with van der Waals surface area (Å²) in [5, 5.41) is 3.36. The van der Waals surface area contributed by atoms with Crippen LogP contribution in [0.5, 0.6) is 0 Å². The molecule has 0 heterocycles. The maximum Gasteiger partial charge on any atom is 0.0175 e. The number of rotatable bonds is 2. The van der Waals surface area contributed by atoms with Crippen LogP contribution in [0.3, 0.4) is 0 Å². The largest absolute Gasteiger partial charge is 0.314 e. The van der Waals surface area contributed by atoms with Gasteiger partial charge < -0.3 is 5.32 Å². The highest BCUT2D eigenvalue weighted by Crippen LogP contribution is 2.33. The van der Waals surface area contributed by atoms with Gasteiger partial charge in [0.2, 0.25) is 0 Å². The second-order valence-electron chi connectivity index (χ2n) is 2.74. The fourth-order valence-corrected chi connectivity index (χ4v) is 1.38. The lowest BCUT2D eigenvalue weighted by Gasteiger charge is -2.41. The van der Waals surface area contributed by atoms with Crippen molar-refractivity contribution in [3.05, 3.63) is 0 Å². The molecular weight excluding hydrogens is 98.1 g/mol. The molecule has 8 heavy (non-hydrogen) atoms. The van der Waals surface area contributed by atoms with Crippen LogP contribution in [0.15, 0.2) is 0 Å². The van der Waals surface area contributed by atoms with Crippen molar-refractivity contribution < 1.29 is 0 Å². The molecule has 0 radical (unpaired) electrons. The molecule has 0 amide bonds. The molecule has 1 nitrogen and oxygen atoms in total. The Morgan fingerprint density at radius 2 is 2.12 bits per heavy atom. The van der Waals surface area contributed by atoms with E-state index in [9.17, 15) is 0 Å². The minimum absolute atomic E-state index is 0.556. The Kier molecular flexibility index (Phi) is 1.57. The first-order valence-electron chi connectivity index (χ1n) is 3.52. The zero-order valence-electron chi connectivity index (χ0n) is 5.83. The van der Waals surface area contributed by atoms with Crippen LogP contribution in [0.1, 0.15) is 32.6 Å². The van der Waals surface area contributed by atoms with Crippen LogP contribution >= 0.6 is 0 Å². The van der Waals surface area contributed by atoms with Crippen LogP contribution in [0.25, 0.3) is 0 Å². The molecule has 0 unspecified atom stereocenters. The summed E-state index contributed by atoms with van der Waals surface area (Å²) >= 11 is 0. The van der Waals surface area contributed by atoms with E-state index in [2.05, 4.69) is 19.3 Å². The van der Waals surface area contributed by atoms with Gasteiger partial charge in [0.05, 0.1) is 0 Å². The summed E-state index contributed by atoms with van der Waals surface area (Å²) in [6.07, 6.45) is 5.50. The second-order valence-corrected chi connectivity index (χ2v) is 2.74. The molecule has 0 atom stereocenters. The van der Waals surface area contributed by atoms with Gasteiger partial charge in [0.15, 0.2) is 0 Å². The number of hydrogen-bond donors (Lipinski definition) is 1. The number of hydrogen-bond acceptors (Lipinski definition) is 1. The average molecular weight is 113 g/mol. The van der Waals surface area contributed by atoms with Crippen LogP contribution in [0.4, 0.5) is 0 Å². The van der Waals surface area contributed by atoms with Gasteiger partial charge in [-0.15, -0.1) is 0 Å². The third-order valence-electron chi connectivity index (χ3n) is 2.52. The van der Waals surface area contributed by atoms with E-state index in [1.165, 1.54) is 25.7 Å². The molecule has 1 N–H and O–H groups in total. The van der Waals surface area contributed by atoms with Crippen molar-refractivity contribution in [3.8, 4) is 0 Å². The Morgan fingerprint density at radius 1 is 1.50 bits per heavy atom. The first-order chi connectivity index (χ1) is 3.83. The lowest BCUT2D eigenvalue weighted by molar-refractivity contribution is 0.192. The highest BCUT2D eigenvalue weighted by Gasteiger charge is 2.32. The molecule has 1 aliphatic carbocycles. The van der Waals surface area contributed by atoms with Crippen LogP contribution in [0, 0.1) is 0 Å². The fraction of sp³-hybridized carbons (Fsp3) is 1.00. The third kappa shape index (κ3) is 0.752. The molecule has 1 fully saturated rings. The van der Waals surface area contributed by atoms with Gasteiger partial charge in [0.1, 0.15) is 0 Å². The zero-order valence-corrected chi connectivity index (χ0v) is 5.83. The molecule has 1 heteroatoms. The van der Waals surface area contributed by atoms with Crippen molar-refractivity contribution in [2.75, 3.05) is 7.05 Å². The summed E-state index contributed by atoms with van der Waals surface area (Å²) in [4.78, 5) is 0. The van der Waals surface area contributed by atoms with Crippen molar-refractivity contribution in [3.63, 3.8) is 0 Å². The van der Waals surface area contributed by atoms with E-state index in [0.717, 1.165) is 0 Å². The lowest BCUT2D eigenvalue weighted by Crippen LogP contribution is -2.48. The maximum atomic E-state index is 3.36. The van der Waals surface area contributed by atoms with Crippen LogP contribution < -0.4 is 5.32 Å². The van der Waals surface area contributed by atoms with Gasteiger partial charge in [-0.05, 0) is 32.7 Å². The molecule has 0 aromatic rings. The average Bonchev–Trinajstić information content (AvgIpc) is 1.67. The maximum absolute atomic E-state index is 3.36. The van der Waals surface area contributed by atoms with Gasteiger partial charge in [0, 0.05) is 5.54 Å². The minimum Gasteiger partial charge on any atom is -0.314 e. The van der Waals surface area contributed by atoms with E-state index in [1.807, 2.05) is 0 Å². The van der Waals surface area contributed by atoms with E-state index < -0.39 is 0 Å². The highest BCUT2D eigenvalue weighted by atomic mass is 15.0. The topological polar surface area (TPSA) is 12.0 Å². The molecule has 0 saturated heterocycles. The Balaban J connectivity index is 2.33. The molecule has 48 valence electrons. The molecule has 0 aromatic carbocycles. The minimum atomic E-state index is 0.556. The summed E-state index contributed by atoms with van der Waals surface area (Å²) < 4.78 is 0. The summed E-state index contributed by atoms with van der Waals surface area (Å²) in [5.74, 6) is 0. The predicted molar refractivity (Wildman–Crippen MR) is 35.9 cm³/mol. The summed E-state index contributed by atoms with van der Waals surface area (Å²) in [5.41, 5.74) is 0.556. The molecule has 0 aliphatic heterocycles. The monoisotopic (exact) mass is 113 g/mol. The van der Waals surface area contributed by atoms with Crippen molar-refractivity contribution >= 4 is 0 Å².